The van der Waals surface area contributed by atoms with Gasteiger partial charge in [-0.15, -0.1) is 0 Å². The summed E-state index contributed by atoms with van der Waals surface area (Å²) in [6, 6.07) is 7.86. The third kappa shape index (κ3) is 3.39. The summed E-state index contributed by atoms with van der Waals surface area (Å²) in [6.07, 6.45) is 7.39. The highest BCUT2D eigenvalue weighted by Gasteiger charge is 2.03. The molecule has 0 bridgehead atoms. The zero-order valence-corrected chi connectivity index (χ0v) is 12.6. The lowest BCUT2D eigenvalue weighted by Crippen LogP contribution is -2.00. The molecule has 0 fully saturated rings. The van der Waals surface area contributed by atoms with E-state index in [-0.39, 0.29) is 0 Å². The van der Waals surface area contributed by atoms with Gasteiger partial charge in [-0.1, -0.05) is 12.0 Å². The summed E-state index contributed by atoms with van der Waals surface area (Å²) in [5.41, 5.74) is 3.83. The van der Waals surface area contributed by atoms with Crippen LogP contribution < -0.4 is 0 Å². The van der Waals surface area contributed by atoms with Crippen molar-refractivity contribution in [2.24, 2.45) is 0 Å². The minimum Gasteiger partial charge on any atom is -0.329 e. The van der Waals surface area contributed by atoms with Crippen molar-refractivity contribution in [1.82, 2.24) is 19.5 Å². The van der Waals surface area contributed by atoms with E-state index < -0.39 is 0 Å². The van der Waals surface area contributed by atoms with E-state index in [2.05, 4.69) is 37.4 Å². The molecular weight excluding hydrogens is 272 g/mol. The highest BCUT2D eigenvalue weighted by Crippen LogP contribution is 2.07. The van der Waals surface area contributed by atoms with Crippen LogP contribution in [0.25, 0.3) is 0 Å². The smallest absolute Gasteiger partial charge is 0.131 e. The Hall–Kier alpha value is -2.93. The lowest BCUT2D eigenvalue weighted by molar-refractivity contribution is 0.758. The van der Waals surface area contributed by atoms with Gasteiger partial charge in [0.25, 0.3) is 0 Å². The van der Waals surface area contributed by atoms with Crippen LogP contribution in [0, 0.1) is 25.7 Å². The van der Waals surface area contributed by atoms with Crippen LogP contribution in [0.15, 0.2) is 49.1 Å². The van der Waals surface area contributed by atoms with Gasteiger partial charge >= 0.3 is 0 Å². The molecule has 3 heterocycles. The minimum atomic E-state index is 0.753. The van der Waals surface area contributed by atoms with Crippen LogP contribution in [0.5, 0.6) is 0 Å². The molecule has 0 N–H and O–H groups in total. The number of rotatable bonds is 2. The van der Waals surface area contributed by atoms with Crippen LogP contribution in [-0.4, -0.2) is 19.5 Å². The second-order valence-corrected chi connectivity index (χ2v) is 5.10. The average molecular weight is 288 g/mol. The first-order valence-electron chi connectivity index (χ1n) is 7.08. The van der Waals surface area contributed by atoms with Gasteiger partial charge in [0.1, 0.15) is 11.5 Å². The molecule has 4 heteroatoms. The average Bonchev–Trinajstić information content (AvgIpc) is 2.87. The molecule has 0 aromatic carbocycles. The van der Waals surface area contributed by atoms with Gasteiger partial charge in [0.2, 0.25) is 0 Å². The fourth-order valence-corrected chi connectivity index (χ4v) is 2.18. The summed E-state index contributed by atoms with van der Waals surface area (Å²) in [7, 11) is 0. The van der Waals surface area contributed by atoms with Gasteiger partial charge in [-0.05, 0) is 43.5 Å². The van der Waals surface area contributed by atoms with Crippen molar-refractivity contribution in [2.45, 2.75) is 20.4 Å². The number of hydrogen-bond acceptors (Lipinski definition) is 3. The molecule has 0 aliphatic rings. The van der Waals surface area contributed by atoms with E-state index in [0.29, 0.717) is 0 Å². The molecule has 22 heavy (non-hydrogen) atoms. The van der Waals surface area contributed by atoms with Crippen LogP contribution in [0.2, 0.25) is 0 Å². The molecule has 3 aromatic heterocycles. The zero-order chi connectivity index (χ0) is 15.4. The number of nitrogens with zero attached hydrogens (tertiary/aromatic N) is 4. The second-order valence-electron chi connectivity index (χ2n) is 5.10. The molecule has 3 aromatic rings. The largest absolute Gasteiger partial charge is 0.329 e. The van der Waals surface area contributed by atoms with Crippen LogP contribution in [0.3, 0.4) is 0 Å². The zero-order valence-electron chi connectivity index (χ0n) is 12.6. The molecule has 3 rings (SSSR count). The van der Waals surface area contributed by atoms with E-state index in [0.717, 1.165) is 34.9 Å². The Morgan fingerprint density at radius 3 is 2.82 bits per heavy atom. The van der Waals surface area contributed by atoms with Crippen molar-refractivity contribution in [3.8, 4) is 11.8 Å². The Morgan fingerprint density at radius 1 is 1.14 bits per heavy atom. The van der Waals surface area contributed by atoms with Crippen molar-refractivity contribution in [3.05, 3.63) is 77.4 Å². The van der Waals surface area contributed by atoms with Gasteiger partial charge in [-0.25, -0.2) is 4.98 Å². The molecular formula is C18H16N4. The molecule has 108 valence electrons. The van der Waals surface area contributed by atoms with Gasteiger partial charge in [0.05, 0.1) is 6.54 Å². The first-order valence-corrected chi connectivity index (χ1v) is 7.08. The summed E-state index contributed by atoms with van der Waals surface area (Å²) in [5.74, 6) is 7.18. The number of hydrogen-bond donors (Lipinski definition) is 0. The lowest BCUT2D eigenvalue weighted by atomic mass is 10.2. The number of aromatic nitrogens is 4. The molecule has 4 nitrogen and oxygen atoms in total. The fourth-order valence-electron chi connectivity index (χ4n) is 2.18. The van der Waals surface area contributed by atoms with Gasteiger partial charge < -0.3 is 4.57 Å². The Labute approximate surface area is 129 Å². The van der Waals surface area contributed by atoms with E-state index in [4.69, 9.17) is 0 Å². The third-order valence-electron chi connectivity index (χ3n) is 3.28. The molecule has 0 atom stereocenters. The maximum Gasteiger partial charge on any atom is 0.131 e. The van der Waals surface area contributed by atoms with Gasteiger partial charge in [0.15, 0.2) is 0 Å². The van der Waals surface area contributed by atoms with Gasteiger partial charge in [-0.2, -0.15) is 0 Å². The molecule has 0 radical (unpaired) electrons. The predicted molar refractivity (Wildman–Crippen MR) is 85.3 cm³/mol. The monoisotopic (exact) mass is 288 g/mol. The van der Waals surface area contributed by atoms with Crippen LogP contribution in [-0.2, 0) is 6.54 Å². The van der Waals surface area contributed by atoms with Crippen molar-refractivity contribution >= 4 is 0 Å². The fraction of sp³-hybridized carbons (Fsp3) is 0.167. The normalized spacial score (nSPS) is 10.1. The topological polar surface area (TPSA) is 43.6 Å². The third-order valence-corrected chi connectivity index (χ3v) is 3.28. The first kappa shape index (κ1) is 14.0. The number of aryl methyl sites for hydroxylation is 2. The highest BCUT2D eigenvalue weighted by atomic mass is 15.1. The van der Waals surface area contributed by atoms with E-state index >= 15 is 0 Å². The van der Waals surface area contributed by atoms with E-state index in [1.165, 1.54) is 0 Å². The highest BCUT2D eigenvalue weighted by molar-refractivity contribution is 5.39. The number of imidazole rings is 1. The van der Waals surface area contributed by atoms with Crippen LogP contribution in [0.4, 0.5) is 0 Å². The molecule has 0 saturated carbocycles. The second kappa shape index (κ2) is 6.23. The van der Waals surface area contributed by atoms with Crippen molar-refractivity contribution in [2.75, 3.05) is 0 Å². The number of pyridine rings is 2. The van der Waals surface area contributed by atoms with Crippen LogP contribution >= 0.6 is 0 Å². The van der Waals surface area contributed by atoms with E-state index in [1.807, 2.05) is 44.4 Å². The summed E-state index contributed by atoms with van der Waals surface area (Å²) in [5, 5.41) is 0. The lowest BCUT2D eigenvalue weighted by Gasteiger charge is -2.03. The summed E-state index contributed by atoms with van der Waals surface area (Å²) in [4.78, 5) is 12.8. The van der Waals surface area contributed by atoms with Crippen molar-refractivity contribution < 1.29 is 0 Å². The minimum absolute atomic E-state index is 0.753. The van der Waals surface area contributed by atoms with Crippen molar-refractivity contribution in [3.63, 3.8) is 0 Å². The summed E-state index contributed by atoms with van der Waals surface area (Å²) < 4.78 is 2.08. The first-order chi connectivity index (χ1) is 10.7. The van der Waals surface area contributed by atoms with Crippen molar-refractivity contribution in [1.29, 1.82) is 0 Å². The molecule has 0 saturated heterocycles. The van der Waals surface area contributed by atoms with E-state index in [1.54, 1.807) is 12.4 Å². The SMILES string of the molecule is Cc1cc(C#Cc2cn(Cc3cccnc3)c(C)n2)ccn1. The van der Waals surface area contributed by atoms with Gasteiger partial charge in [0, 0.05) is 36.0 Å². The van der Waals surface area contributed by atoms with Crippen LogP contribution in [0.1, 0.15) is 28.3 Å². The molecule has 0 amide bonds. The summed E-state index contributed by atoms with van der Waals surface area (Å²) in [6.45, 7) is 4.69. The molecule has 0 unspecified atom stereocenters. The Balaban J connectivity index is 1.81. The van der Waals surface area contributed by atoms with Gasteiger partial charge in [-0.3, -0.25) is 9.97 Å². The standard InChI is InChI=1S/C18H16N4/c1-14-10-16(7-9-20-14)5-6-18-13-22(15(2)21-18)12-17-4-3-8-19-11-17/h3-4,7-11,13H,12H2,1-2H3. The quantitative estimate of drug-likeness (QED) is 0.681. The summed E-state index contributed by atoms with van der Waals surface area (Å²) >= 11 is 0. The predicted octanol–water partition coefficient (Wildman–Crippen LogP) is 2.74. The maximum atomic E-state index is 4.50. The molecule has 0 aliphatic heterocycles. The maximum absolute atomic E-state index is 4.50. The molecule has 0 aliphatic carbocycles. The Bertz CT molecular complexity index is 838. The Morgan fingerprint density at radius 2 is 2.05 bits per heavy atom. The van der Waals surface area contributed by atoms with E-state index in [9.17, 15) is 0 Å². The Kier molecular flexibility index (Phi) is 3.97. The molecule has 0 spiro atoms.